The normalized spacial score (nSPS) is 25.9. The second-order valence-electron chi connectivity index (χ2n) is 5.78. The van der Waals surface area contributed by atoms with Crippen molar-refractivity contribution in [3.05, 3.63) is 22.7 Å². The molecule has 3 unspecified atom stereocenters. The SMILES string of the molecule is CCNC(c1cc2c(cc1Cl)OCCCO2)C1CC1C. The van der Waals surface area contributed by atoms with Gasteiger partial charge in [-0.25, -0.2) is 0 Å². The molecule has 4 heteroatoms. The van der Waals surface area contributed by atoms with Crippen LogP contribution in [0.5, 0.6) is 11.5 Å². The lowest BCUT2D eigenvalue weighted by atomic mass is 10.00. The van der Waals surface area contributed by atoms with Gasteiger partial charge in [-0.05, 0) is 36.4 Å². The van der Waals surface area contributed by atoms with Gasteiger partial charge >= 0.3 is 0 Å². The molecular formula is C16H22ClNO2. The molecule has 1 aromatic rings. The van der Waals surface area contributed by atoms with E-state index in [1.54, 1.807) is 0 Å². The van der Waals surface area contributed by atoms with Crippen LogP contribution in [0.2, 0.25) is 5.02 Å². The number of hydrogen-bond donors (Lipinski definition) is 1. The molecule has 1 aliphatic heterocycles. The molecule has 3 nitrogen and oxygen atoms in total. The third kappa shape index (κ3) is 2.75. The number of ether oxygens (including phenoxy) is 2. The van der Waals surface area contributed by atoms with Crippen LogP contribution in [0.25, 0.3) is 0 Å². The van der Waals surface area contributed by atoms with Crippen LogP contribution in [-0.2, 0) is 0 Å². The summed E-state index contributed by atoms with van der Waals surface area (Å²) in [6.07, 6.45) is 2.18. The predicted octanol–water partition coefficient (Wildman–Crippen LogP) is 3.81. The summed E-state index contributed by atoms with van der Waals surface area (Å²) >= 11 is 6.49. The van der Waals surface area contributed by atoms with Crippen LogP contribution in [-0.4, -0.2) is 19.8 Å². The van der Waals surface area contributed by atoms with Gasteiger partial charge in [-0.15, -0.1) is 0 Å². The molecule has 3 atom stereocenters. The average Bonchev–Trinajstić information content (AvgIpc) is 3.18. The van der Waals surface area contributed by atoms with E-state index in [1.807, 2.05) is 6.07 Å². The summed E-state index contributed by atoms with van der Waals surface area (Å²) in [4.78, 5) is 0. The Labute approximate surface area is 125 Å². The van der Waals surface area contributed by atoms with Crippen molar-refractivity contribution in [2.45, 2.75) is 32.7 Å². The molecule has 0 spiro atoms. The van der Waals surface area contributed by atoms with E-state index in [9.17, 15) is 0 Å². The number of nitrogens with one attached hydrogen (secondary N) is 1. The molecule has 1 heterocycles. The summed E-state index contributed by atoms with van der Waals surface area (Å²) in [5.74, 6) is 3.05. The van der Waals surface area contributed by atoms with Crippen molar-refractivity contribution < 1.29 is 9.47 Å². The van der Waals surface area contributed by atoms with E-state index >= 15 is 0 Å². The van der Waals surface area contributed by atoms with Crippen LogP contribution in [0.3, 0.4) is 0 Å². The molecule has 2 aliphatic rings. The Hall–Kier alpha value is -0.930. The Morgan fingerprint density at radius 3 is 2.55 bits per heavy atom. The molecular weight excluding hydrogens is 274 g/mol. The predicted molar refractivity (Wildman–Crippen MR) is 80.7 cm³/mol. The van der Waals surface area contributed by atoms with Crippen molar-refractivity contribution in [2.24, 2.45) is 11.8 Å². The molecule has 0 radical (unpaired) electrons. The Morgan fingerprint density at radius 2 is 1.95 bits per heavy atom. The Kier molecular flexibility index (Phi) is 4.08. The summed E-state index contributed by atoms with van der Waals surface area (Å²) in [6.45, 7) is 6.78. The molecule has 0 amide bonds. The van der Waals surface area contributed by atoms with Crippen molar-refractivity contribution in [1.29, 1.82) is 0 Å². The Balaban J connectivity index is 1.93. The van der Waals surface area contributed by atoms with Crippen LogP contribution in [0.4, 0.5) is 0 Å². The third-order valence-corrected chi connectivity index (χ3v) is 4.55. The summed E-state index contributed by atoms with van der Waals surface area (Å²) in [5.41, 5.74) is 1.15. The van der Waals surface area contributed by atoms with Crippen LogP contribution in [0, 0.1) is 11.8 Å². The zero-order valence-electron chi connectivity index (χ0n) is 12.1. The maximum absolute atomic E-state index is 6.49. The van der Waals surface area contributed by atoms with E-state index in [1.165, 1.54) is 6.42 Å². The number of hydrogen-bond acceptors (Lipinski definition) is 3. The van der Waals surface area contributed by atoms with Gasteiger partial charge in [0, 0.05) is 23.6 Å². The van der Waals surface area contributed by atoms with Gasteiger partial charge in [0.05, 0.1) is 13.2 Å². The zero-order valence-corrected chi connectivity index (χ0v) is 12.9. The fourth-order valence-corrected chi connectivity index (χ4v) is 3.24. The lowest BCUT2D eigenvalue weighted by Crippen LogP contribution is -2.23. The lowest BCUT2D eigenvalue weighted by Gasteiger charge is -2.21. The van der Waals surface area contributed by atoms with Crippen LogP contribution < -0.4 is 14.8 Å². The molecule has 20 heavy (non-hydrogen) atoms. The minimum atomic E-state index is 0.319. The minimum absolute atomic E-state index is 0.319. The van der Waals surface area contributed by atoms with E-state index in [-0.39, 0.29) is 0 Å². The monoisotopic (exact) mass is 295 g/mol. The molecule has 1 aliphatic carbocycles. The fourth-order valence-electron chi connectivity index (χ4n) is 2.97. The van der Waals surface area contributed by atoms with Crippen LogP contribution in [0.1, 0.15) is 38.3 Å². The van der Waals surface area contributed by atoms with Gasteiger partial charge < -0.3 is 14.8 Å². The van der Waals surface area contributed by atoms with Crippen molar-refractivity contribution in [3.8, 4) is 11.5 Å². The average molecular weight is 296 g/mol. The first kappa shape index (κ1) is 14.0. The highest BCUT2D eigenvalue weighted by Gasteiger charge is 2.40. The van der Waals surface area contributed by atoms with Crippen molar-refractivity contribution >= 4 is 11.6 Å². The Bertz CT molecular complexity index is 492. The second-order valence-corrected chi connectivity index (χ2v) is 6.19. The molecule has 3 rings (SSSR count). The highest BCUT2D eigenvalue weighted by Crippen LogP contribution is 2.49. The zero-order chi connectivity index (χ0) is 14.1. The first-order valence-electron chi connectivity index (χ1n) is 7.53. The second kappa shape index (κ2) is 5.82. The minimum Gasteiger partial charge on any atom is -0.490 e. The van der Waals surface area contributed by atoms with Gasteiger partial charge in [0.2, 0.25) is 0 Å². The van der Waals surface area contributed by atoms with E-state index in [0.29, 0.717) is 25.2 Å². The van der Waals surface area contributed by atoms with Gasteiger partial charge in [-0.2, -0.15) is 0 Å². The highest BCUT2D eigenvalue weighted by molar-refractivity contribution is 6.31. The van der Waals surface area contributed by atoms with E-state index in [4.69, 9.17) is 21.1 Å². The van der Waals surface area contributed by atoms with E-state index < -0.39 is 0 Å². The Morgan fingerprint density at radius 1 is 1.30 bits per heavy atom. The number of fused-ring (bicyclic) bond motifs is 1. The van der Waals surface area contributed by atoms with Gasteiger partial charge in [0.25, 0.3) is 0 Å². The van der Waals surface area contributed by atoms with Gasteiger partial charge in [0.15, 0.2) is 11.5 Å². The van der Waals surface area contributed by atoms with Crippen LogP contribution in [0.15, 0.2) is 12.1 Å². The fraction of sp³-hybridized carbons (Fsp3) is 0.625. The molecule has 1 aromatic carbocycles. The molecule has 1 fully saturated rings. The van der Waals surface area contributed by atoms with Crippen molar-refractivity contribution in [2.75, 3.05) is 19.8 Å². The first-order valence-corrected chi connectivity index (χ1v) is 7.91. The standard InChI is InChI=1S/C16H22ClNO2/c1-3-18-16(11-7-10(11)2)12-8-14-15(9-13(12)17)20-6-4-5-19-14/h8-11,16,18H,3-7H2,1-2H3. The summed E-state index contributed by atoms with van der Waals surface area (Å²) in [7, 11) is 0. The van der Waals surface area contributed by atoms with Gasteiger partial charge in [-0.3, -0.25) is 0 Å². The number of benzene rings is 1. The molecule has 0 bridgehead atoms. The summed E-state index contributed by atoms with van der Waals surface area (Å²) < 4.78 is 11.5. The van der Waals surface area contributed by atoms with Crippen molar-refractivity contribution in [1.82, 2.24) is 5.32 Å². The van der Waals surface area contributed by atoms with Gasteiger partial charge in [-0.1, -0.05) is 25.4 Å². The maximum atomic E-state index is 6.49. The van der Waals surface area contributed by atoms with Crippen LogP contribution >= 0.6 is 11.6 Å². The molecule has 0 saturated heterocycles. The quantitative estimate of drug-likeness (QED) is 0.916. The molecule has 1 saturated carbocycles. The largest absolute Gasteiger partial charge is 0.490 e. The third-order valence-electron chi connectivity index (χ3n) is 4.23. The summed E-state index contributed by atoms with van der Waals surface area (Å²) in [5, 5.41) is 4.35. The highest BCUT2D eigenvalue weighted by atomic mass is 35.5. The van der Waals surface area contributed by atoms with E-state index in [0.717, 1.165) is 41.0 Å². The maximum Gasteiger partial charge on any atom is 0.162 e. The molecule has 0 aromatic heterocycles. The molecule has 110 valence electrons. The number of halogens is 1. The van der Waals surface area contributed by atoms with Crippen molar-refractivity contribution in [3.63, 3.8) is 0 Å². The smallest absolute Gasteiger partial charge is 0.162 e. The first-order chi connectivity index (χ1) is 9.70. The summed E-state index contributed by atoms with van der Waals surface area (Å²) in [6, 6.07) is 4.30. The van der Waals surface area contributed by atoms with E-state index in [2.05, 4.69) is 25.2 Å². The molecule has 1 N–H and O–H groups in total. The lowest BCUT2D eigenvalue weighted by molar-refractivity contribution is 0.297. The van der Waals surface area contributed by atoms with Gasteiger partial charge in [0.1, 0.15) is 0 Å². The number of rotatable bonds is 4. The topological polar surface area (TPSA) is 30.5 Å².